The van der Waals surface area contributed by atoms with Gasteiger partial charge in [0.1, 0.15) is 5.69 Å². The van der Waals surface area contributed by atoms with Crippen molar-refractivity contribution in [1.29, 1.82) is 0 Å². The largest absolute Gasteiger partial charge is 0.448 e. The Bertz CT molecular complexity index is 1080. The van der Waals surface area contributed by atoms with Gasteiger partial charge in [-0.1, -0.05) is 18.2 Å². The van der Waals surface area contributed by atoms with Crippen molar-refractivity contribution in [2.24, 2.45) is 0 Å². The summed E-state index contributed by atoms with van der Waals surface area (Å²) in [5, 5.41) is 1.03. The van der Waals surface area contributed by atoms with Crippen LogP contribution in [0.25, 0.3) is 10.8 Å². The summed E-state index contributed by atoms with van der Waals surface area (Å²) in [6.07, 6.45) is -0.730. The van der Waals surface area contributed by atoms with E-state index >= 15 is 0 Å². The normalized spacial score (nSPS) is 19.3. The number of ether oxygens (including phenoxy) is 1. The summed E-state index contributed by atoms with van der Waals surface area (Å²) in [7, 11) is -3.14. The average Bonchev–Trinajstić information content (AvgIpc) is 3.01. The monoisotopic (exact) mass is 406 g/mol. The smallest absolute Gasteiger partial charge is 0.355 e. The highest BCUT2D eigenvalue weighted by molar-refractivity contribution is 7.91. The molecule has 1 aromatic carbocycles. The maximum absolute atomic E-state index is 12.7. The summed E-state index contributed by atoms with van der Waals surface area (Å²) in [6.45, 7) is 3.50. The van der Waals surface area contributed by atoms with Crippen LogP contribution in [0.3, 0.4) is 0 Å². The van der Waals surface area contributed by atoms with Crippen molar-refractivity contribution in [1.82, 2.24) is 9.88 Å². The van der Waals surface area contributed by atoms with Crippen LogP contribution in [0, 0.1) is 0 Å². The van der Waals surface area contributed by atoms with Gasteiger partial charge in [-0.25, -0.2) is 13.2 Å². The fourth-order valence-corrected chi connectivity index (χ4v) is 5.17. The second-order valence-electron chi connectivity index (χ2n) is 6.83. The molecule has 0 radical (unpaired) electrons. The van der Waals surface area contributed by atoms with Crippen molar-refractivity contribution in [3.05, 3.63) is 46.4 Å². The van der Waals surface area contributed by atoms with Gasteiger partial charge < -0.3 is 14.6 Å². The van der Waals surface area contributed by atoms with Crippen LogP contribution in [0.5, 0.6) is 0 Å². The second-order valence-corrected chi connectivity index (χ2v) is 9.06. The van der Waals surface area contributed by atoms with E-state index in [9.17, 15) is 22.8 Å². The zero-order valence-corrected chi connectivity index (χ0v) is 16.5. The van der Waals surface area contributed by atoms with Crippen LogP contribution < -0.4 is 5.56 Å². The molecule has 150 valence electrons. The van der Waals surface area contributed by atoms with E-state index in [0.717, 1.165) is 0 Å². The van der Waals surface area contributed by atoms with E-state index in [4.69, 9.17) is 4.74 Å². The number of H-pyrrole nitrogens is 1. The Kier molecular flexibility index (Phi) is 5.55. The zero-order valence-electron chi connectivity index (χ0n) is 15.7. The van der Waals surface area contributed by atoms with Crippen LogP contribution in [0.4, 0.5) is 0 Å². The third-order valence-corrected chi connectivity index (χ3v) is 6.63. The lowest BCUT2D eigenvalue weighted by atomic mass is 10.1. The lowest BCUT2D eigenvalue weighted by Gasteiger charge is -2.29. The van der Waals surface area contributed by atoms with Gasteiger partial charge in [0.05, 0.1) is 11.5 Å². The highest BCUT2D eigenvalue weighted by Crippen LogP contribution is 2.19. The van der Waals surface area contributed by atoms with Crippen LogP contribution >= 0.6 is 0 Å². The van der Waals surface area contributed by atoms with Gasteiger partial charge in [0, 0.05) is 18.0 Å². The number of fused-ring (bicyclic) bond motifs is 1. The summed E-state index contributed by atoms with van der Waals surface area (Å²) >= 11 is 0. The number of benzene rings is 1. The Morgan fingerprint density at radius 1 is 1.32 bits per heavy atom. The lowest BCUT2D eigenvalue weighted by molar-refractivity contribution is -0.141. The van der Waals surface area contributed by atoms with Crippen LogP contribution in [0.1, 0.15) is 30.8 Å². The van der Waals surface area contributed by atoms with Crippen molar-refractivity contribution in [2.45, 2.75) is 32.4 Å². The molecule has 0 saturated carbocycles. The summed E-state index contributed by atoms with van der Waals surface area (Å²) in [5.41, 5.74) is -0.467. The molecule has 1 amide bonds. The maximum Gasteiger partial charge on any atom is 0.355 e. The average molecular weight is 406 g/mol. The Morgan fingerprint density at radius 2 is 2.04 bits per heavy atom. The van der Waals surface area contributed by atoms with Crippen LogP contribution in [-0.2, 0) is 19.4 Å². The second kappa shape index (κ2) is 7.75. The Hall–Kier alpha value is -2.68. The molecule has 28 heavy (non-hydrogen) atoms. The topological polar surface area (TPSA) is 114 Å². The van der Waals surface area contributed by atoms with Gasteiger partial charge in [0.25, 0.3) is 11.5 Å². The molecule has 1 saturated heterocycles. The molecule has 1 fully saturated rings. The van der Waals surface area contributed by atoms with Gasteiger partial charge in [-0.15, -0.1) is 0 Å². The first kappa shape index (κ1) is 20.1. The number of carbonyl (C=O) groups excluding carboxylic acids is 2. The predicted molar refractivity (Wildman–Crippen MR) is 104 cm³/mol. The van der Waals surface area contributed by atoms with E-state index in [1.165, 1.54) is 17.9 Å². The van der Waals surface area contributed by atoms with Gasteiger partial charge in [-0.05, 0) is 37.8 Å². The van der Waals surface area contributed by atoms with Crippen molar-refractivity contribution >= 4 is 32.5 Å². The summed E-state index contributed by atoms with van der Waals surface area (Å²) in [6, 6.07) is 7.90. The molecule has 0 aliphatic carbocycles. The summed E-state index contributed by atoms with van der Waals surface area (Å²) in [4.78, 5) is 41.2. The molecule has 0 unspecified atom stereocenters. The number of carbonyl (C=O) groups is 2. The third-order valence-electron chi connectivity index (χ3n) is 4.88. The highest BCUT2D eigenvalue weighted by Gasteiger charge is 2.36. The molecule has 1 aromatic heterocycles. The quantitative estimate of drug-likeness (QED) is 0.744. The number of nitrogens with zero attached hydrogens (tertiary/aromatic N) is 1. The minimum Gasteiger partial charge on any atom is -0.448 e. The number of pyridine rings is 1. The van der Waals surface area contributed by atoms with E-state index in [1.54, 1.807) is 31.2 Å². The first-order valence-electron chi connectivity index (χ1n) is 9.06. The van der Waals surface area contributed by atoms with E-state index in [1.807, 2.05) is 0 Å². The van der Waals surface area contributed by atoms with E-state index in [0.29, 0.717) is 23.7 Å². The minimum atomic E-state index is -3.14. The predicted octanol–water partition coefficient (Wildman–Crippen LogP) is 1.11. The van der Waals surface area contributed by atoms with Gasteiger partial charge in [-0.2, -0.15) is 0 Å². The number of esters is 1. The molecule has 3 rings (SSSR count). The van der Waals surface area contributed by atoms with Crippen molar-refractivity contribution in [3.63, 3.8) is 0 Å². The summed E-state index contributed by atoms with van der Waals surface area (Å²) < 4.78 is 28.6. The Balaban J connectivity index is 1.74. The van der Waals surface area contributed by atoms with Crippen molar-refractivity contribution < 1.29 is 22.7 Å². The number of sulfone groups is 1. The molecule has 2 atom stereocenters. The molecule has 2 heterocycles. The van der Waals surface area contributed by atoms with Crippen LogP contribution in [0.15, 0.2) is 35.1 Å². The molecule has 1 N–H and O–H groups in total. The number of nitrogens with one attached hydrogen (secondary N) is 1. The molecule has 0 spiro atoms. The fourth-order valence-electron chi connectivity index (χ4n) is 3.44. The number of aromatic amines is 1. The number of hydrogen-bond donors (Lipinski definition) is 1. The molecular weight excluding hydrogens is 384 g/mol. The Morgan fingerprint density at radius 3 is 2.68 bits per heavy atom. The van der Waals surface area contributed by atoms with E-state index in [2.05, 4.69) is 4.98 Å². The molecular formula is C19H22N2O6S. The van der Waals surface area contributed by atoms with E-state index < -0.39 is 39.4 Å². The first-order valence-corrected chi connectivity index (χ1v) is 10.9. The number of rotatable bonds is 5. The zero-order chi connectivity index (χ0) is 20.5. The third kappa shape index (κ3) is 4.09. The molecule has 1 aliphatic heterocycles. The molecule has 2 aromatic rings. The van der Waals surface area contributed by atoms with Crippen molar-refractivity contribution in [3.8, 4) is 0 Å². The van der Waals surface area contributed by atoms with Crippen LogP contribution in [-0.4, -0.2) is 60.4 Å². The SMILES string of the molecule is CCN(C(=O)[C@@H](C)OC(=O)c1cc2ccccc2c(=O)[nH]1)[C@H]1CCS(=O)(=O)C1. The van der Waals surface area contributed by atoms with Crippen molar-refractivity contribution in [2.75, 3.05) is 18.1 Å². The highest BCUT2D eigenvalue weighted by atomic mass is 32.2. The van der Waals surface area contributed by atoms with Crippen LogP contribution in [0.2, 0.25) is 0 Å². The van der Waals surface area contributed by atoms with Gasteiger partial charge in [-0.3, -0.25) is 9.59 Å². The summed E-state index contributed by atoms with van der Waals surface area (Å²) in [5.74, 6) is -1.31. The van der Waals surface area contributed by atoms with E-state index in [-0.39, 0.29) is 17.2 Å². The first-order chi connectivity index (χ1) is 13.2. The number of aromatic nitrogens is 1. The molecule has 9 heteroatoms. The lowest BCUT2D eigenvalue weighted by Crippen LogP contribution is -2.46. The maximum atomic E-state index is 12.7. The Labute approximate surface area is 162 Å². The minimum absolute atomic E-state index is 0.0464. The fraction of sp³-hybridized carbons (Fsp3) is 0.421. The standard InChI is InChI=1S/C19H22N2O6S/c1-3-21(14-8-9-28(25,26)11-14)18(23)12(2)27-19(24)16-10-13-6-4-5-7-15(13)17(22)20-16/h4-7,10,12,14H,3,8-9,11H2,1-2H3,(H,20,22)/t12-,14+/m1/s1. The molecule has 8 nitrogen and oxygen atoms in total. The van der Waals surface area contributed by atoms with Gasteiger partial charge >= 0.3 is 5.97 Å². The van der Waals surface area contributed by atoms with Gasteiger partial charge in [0.15, 0.2) is 15.9 Å². The number of hydrogen-bond acceptors (Lipinski definition) is 6. The number of amides is 1. The molecule has 0 bridgehead atoms. The molecule has 1 aliphatic rings. The number of likely N-dealkylation sites (N-methyl/N-ethyl adjacent to an activating group) is 1. The van der Waals surface area contributed by atoms with Gasteiger partial charge in [0.2, 0.25) is 0 Å².